The molecule has 22 heavy (non-hydrogen) atoms. The van der Waals surface area contributed by atoms with E-state index in [1.54, 1.807) is 0 Å². The van der Waals surface area contributed by atoms with Crippen LogP contribution in [0.2, 0.25) is 0 Å². The number of nitrogens with one attached hydrogen (secondary N) is 2. The van der Waals surface area contributed by atoms with E-state index in [1.807, 2.05) is 13.8 Å². The zero-order valence-electron chi connectivity index (χ0n) is 13.3. The summed E-state index contributed by atoms with van der Waals surface area (Å²) < 4.78 is 9.76. The maximum Gasteiger partial charge on any atom is 0.407 e. The quantitative estimate of drug-likeness (QED) is 0.531. The van der Waals surface area contributed by atoms with Crippen LogP contribution in [0.25, 0.3) is 0 Å². The summed E-state index contributed by atoms with van der Waals surface area (Å²) in [5, 5.41) is 4.97. The topological polar surface area (TPSA) is 76.7 Å². The third-order valence-corrected chi connectivity index (χ3v) is 2.34. The van der Waals surface area contributed by atoms with Crippen LogP contribution < -0.4 is 10.6 Å². The van der Waals surface area contributed by atoms with E-state index in [0.717, 1.165) is 25.7 Å². The normalized spacial score (nSPS) is 8.64. The summed E-state index contributed by atoms with van der Waals surface area (Å²) in [6.45, 7) is 5.21. The smallest absolute Gasteiger partial charge is 0.407 e. The summed E-state index contributed by atoms with van der Waals surface area (Å²) in [6.07, 6.45) is 2.68. The van der Waals surface area contributed by atoms with E-state index in [4.69, 9.17) is 9.47 Å². The second-order valence-corrected chi connectivity index (χ2v) is 4.29. The largest absolute Gasteiger partial charge is 0.450 e. The molecule has 0 atom stereocenters. The highest BCUT2D eigenvalue weighted by Gasteiger charge is 1.98. The minimum absolute atomic E-state index is 0.173. The molecule has 0 aromatic carbocycles. The van der Waals surface area contributed by atoms with Gasteiger partial charge in [0, 0.05) is 0 Å². The van der Waals surface area contributed by atoms with E-state index in [0.29, 0.717) is 13.2 Å². The third-order valence-electron chi connectivity index (χ3n) is 2.34. The van der Waals surface area contributed by atoms with Gasteiger partial charge < -0.3 is 20.1 Å². The van der Waals surface area contributed by atoms with Crippen molar-refractivity contribution in [3.63, 3.8) is 0 Å². The highest BCUT2D eigenvalue weighted by molar-refractivity contribution is 5.67. The van der Waals surface area contributed by atoms with Crippen molar-refractivity contribution in [3.05, 3.63) is 0 Å². The van der Waals surface area contributed by atoms with Crippen molar-refractivity contribution in [1.82, 2.24) is 10.6 Å². The van der Waals surface area contributed by atoms with Gasteiger partial charge in [-0.05, 0) is 24.7 Å². The van der Waals surface area contributed by atoms with E-state index in [9.17, 15) is 9.59 Å². The van der Waals surface area contributed by atoms with E-state index < -0.39 is 12.2 Å². The number of unbranched alkanes of at least 4 members (excludes halogenated alkanes) is 2. The number of hydrogen-bond donors (Lipinski definition) is 2. The average Bonchev–Trinajstić information content (AvgIpc) is 2.50. The van der Waals surface area contributed by atoms with Crippen molar-refractivity contribution in [2.75, 3.05) is 26.3 Å². The molecule has 0 spiro atoms. The molecule has 0 unspecified atom stereocenters. The molecule has 0 aliphatic carbocycles. The summed E-state index contributed by atoms with van der Waals surface area (Å²) in [6, 6.07) is 0. The molecule has 0 radical (unpaired) electrons. The molecule has 6 nitrogen and oxygen atoms in total. The Bertz CT molecular complexity index is 399. The molecule has 0 bridgehead atoms. The standard InChI is InChI=1S/C16H24N2O4/c1-3-5-13-21-15(19)17-11-9-7-8-10-12-18-16(20)22-14-6-4-2/h3-6,11-14H2,1-2H3,(H,17,19)(H,18,20). The van der Waals surface area contributed by atoms with Gasteiger partial charge in [0.15, 0.2) is 0 Å². The summed E-state index contributed by atoms with van der Waals surface area (Å²) in [5.74, 6) is 10.4. The zero-order chi connectivity index (χ0) is 16.5. The summed E-state index contributed by atoms with van der Waals surface area (Å²) >= 11 is 0. The number of alkyl carbamates (subject to hydrolysis) is 2. The maximum atomic E-state index is 11.1. The maximum absolute atomic E-state index is 11.1. The molecule has 0 aromatic heterocycles. The number of rotatable bonds is 8. The minimum Gasteiger partial charge on any atom is -0.450 e. The van der Waals surface area contributed by atoms with Crippen molar-refractivity contribution in [2.45, 2.75) is 39.5 Å². The lowest BCUT2D eigenvalue weighted by Crippen LogP contribution is -2.25. The van der Waals surface area contributed by atoms with Gasteiger partial charge in [0.05, 0.1) is 26.3 Å². The van der Waals surface area contributed by atoms with Crippen LogP contribution in [0.3, 0.4) is 0 Å². The van der Waals surface area contributed by atoms with Crippen molar-refractivity contribution in [2.24, 2.45) is 0 Å². The molecule has 0 rings (SSSR count). The Kier molecular flexibility index (Phi) is 13.5. The lowest BCUT2D eigenvalue weighted by Gasteiger charge is -2.02. The van der Waals surface area contributed by atoms with Crippen LogP contribution in [0.1, 0.15) is 39.5 Å². The molecule has 6 heteroatoms. The molecule has 2 N–H and O–H groups in total. The van der Waals surface area contributed by atoms with E-state index in [-0.39, 0.29) is 13.1 Å². The Morgan fingerprint density at radius 3 is 1.59 bits per heavy atom. The molecule has 0 aromatic rings. The first kappa shape index (κ1) is 19.7. The van der Waals surface area contributed by atoms with Gasteiger partial charge in [-0.3, -0.25) is 0 Å². The number of carbonyl (C=O) groups excluding carboxylic acids is 2. The van der Waals surface area contributed by atoms with E-state index >= 15 is 0 Å². The number of amides is 2. The van der Waals surface area contributed by atoms with Crippen LogP contribution in [-0.4, -0.2) is 38.5 Å². The van der Waals surface area contributed by atoms with Crippen molar-refractivity contribution < 1.29 is 19.1 Å². The van der Waals surface area contributed by atoms with Gasteiger partial charge in [0.1, 0.15) is 0 Å². The average molecular weight is 308 g/mol. The second-order valence-electron chi connectivity index (χ2n) is 4.29. The summed E-state index contributed by atoms with van der Waals surface area (Å²) in [4.78, 5) is 22.3. The number of hydrogen-bond acceptors (Lipinski definition) is 4. The van der Waals surface area contributed by atoms with Crippen LogP contribution >= 0.6 is 0 Å². The predicted molar refractivity (Wildman–Crippen MR) is 84.1 cm³/mol. The molecule has 0 aliphatic heterocycles. The molecular formula is C16H24N2O4. The molecule has 0 saturated carbocycles. The van der Waals surface area contributed by atoms with Crippen molar-refractivity contribution in [3.8, 4) is 23.7 Å². The zero-order valence-corrected chi connectivity index (χ0v) is 13.3. The van der Waals surface area contributed by atoms with Gasteiger partial charge in [-0.25, -0.2) is 9.59 Å². The van der Waals surface area contributed by atoms with Gasteiger partial charge in [-0.1, -0.05) is 38.5 Å². The van der Waals surface area contributed by atoms with Gasteiger partial charge >= 0.3 is 12.2 Å². The molecule has 0 aliphatic rings. The van der Waals surface area contributed by atoms with Crippen LogP contribution in [-0.2, 0) is 9.47 Å². The van der Waals surface area contributed by atoms with Gasteiger partial charge in [-0.2, -0.15) is 0 Å². The number of ether oxygens (including phenoxy) is 2. The lowest BCUT2D eigenvalue weighted by atomic mass is 10.4. The van der Waals surface area contributed by atoms with Crippen LogP contribution in [0, 0.1) is 23.7 Å². The lowest BCUT2D eigenvalue weighted by molar-refractivity contribution is 0.145. The minimum atomic E-state index is -0.479. The number of carbonyl (C=O) groups is 2. The van der Waals surface area contributed by atoms with Crippen LogP contribution in [0.4, 0.5) is 9.59 Å². The molecule has 0 fully saturated rings. The Labute approximate surface area is 132 Å². The summed E-state index contributed by atoms with van der Waals surface area (Å²) in [7, 11) is 0. The molecular weight excluding hydrogens is 284 g/mol. The van der Waals surface area contributed by atoms with Gasteiger partial charge in [0.25, 0.3) is 0 Å². The Hall–Kier alpha value is -2.34. The molecule has 2 amide bonds. The van der Waals surface area contributed by atoms with Crippen LogP contribution in [0.5, 0.6) is 0 Å². The Morgan fingerprint density at radius 1 is 0.818 bits per heavy atom. The predicted octanol–water partition coefficient (Wildman–Crippen LogP) is 2.05. The first-order valence-corrected chi connectivity index (χ1v) is 7.47. The molecule has 0 heterocycles. The third kappa shape index (κ3) is 14.1. The fraction of sp³-hybridized carbons (Fsp3) is 0.625. The monoisotopic (exact) mass is 308 g/mol. The first-order valence-electron chi connectivity index (χ1n) is 7.47. The first-order chi connectivity index (χ1) is 10.7. The highest BCUT2D eigenvalue weighted by atomic mass is 16.6. The van der Waals surface area contributed by atoms with Gasteiger partial charge in [-0.15, -0.1) is 0 Å². The van der Waals surface area contributed by atoms with Crippen molar-refractivity contribution >= 4 is 12.2 Å². The van der Waals surface area contributed by atoms with E-state index in [2.05, 4.69) is 34.3 Å². The SMILES string of the molecule is CCCCOC(=O)NCC#CC#CCNC(=O)OCCCC. The second kappa shape index (κ2) is 15.1. The van der Waals surface area contributed by atoms with E-state index in [1.165, 1.54) is 0 Å². The van der Waals surface area contributed by atoms with Crippen LogP contribution in [0.15, 0.2) is 0 Å². The Morgan fingerprint density at radius 2 is 1.23 bits per heavy atom. The van der Waals surface area contributed by atoms with Crippen molar-refractivity contribution in [1.29, 1.82) is 0 Å². The molecule has 0 saturated heterocycles. The summed E-state index contributed by atoms with van der Waals surface area (Å²) in [5.41, 5.74) is 0. The van der Waals surface area contributed by atoms with Gasteiger partial charge in [0.2, 0.25) is 0 Å². The highest BCUT2D eigenvalue weighted by Crippen LogP contribution is 1.88. The fourth-order valence-electron chi connectivity index (χ4n) is 1.13. The molecule has 122 valence electrons. The fourth-order valence-corrected chi connectivity index (χ4v) is 1.13. The Balaban J connectivity index is 3.62.